The van der Waals surface area contributed by atoms with Crippen molar-refractivity contribution < 1.29 is 4.79 Å². The number of aromatic nitrogens is 2. The van der Waals surface area contributed by atoms with E-state index in [0.29, 0.717) is 11.7 Å². The fourth-order valence-corrected chi connectivity index (χ4v) is 3.69. The Morgan fingerprint density at radius 2 is 2.08 bits per heavy atom. The molecule has 3 rings (SSSR count). The first-order valence-electron chi connectivity index (χ1n) is 7.58. The molecule has 0 saturated carbocycles. The molecular formula is C17H18N4OS2. The number of hydrogen-bond acceptors (Lipinski definition) is 6. The maximum absolute atomic E-state index is 12.3. The number of para-hydroxylation sites is 1. The zero-order valence-electron chi connectivity index (χ0n) is 13.4. The van der Waals surface area contributed by atoms with E-state index in [0.717, 1.165) is 21.6 Å². The second kappa shape index (κ2) is 7.63. The smallest absolute Gasteiger partial charge is 0.233 e. The highest BCUT2D eigenvalue weighted by Gasteiger charge is 2.17. The van der Waals surface area contributed by atoms with Crippen LogP contribution in [0.5, 0.6) is 0 Å². The summed E-state index contributed by atoms with van der Waals surface area (Å²) in [4.78, 5) is 22.5. The molecule has 0 aliphatic carbocycles. The summed E-state index contributed by atoms with van der Waals surface area (Å²) in [5.74, 6) is 0.755. The molecule has 1 aromatic carbocycles. The van der Waals surface area contributed by atoms with Crippen LogP contribution < -0.4 is 10.6 Å². The Morgan fingerprint density at radius 1 is 1.25 bits per heavy atom. The van der Waals surface area contributed by atoms with E-state index in [2.05, 4.69) is 20.6 Å². The highest BCUT2D eigenvalue weighted by molar-refractivity contribution is 8.00. The minimum absolute atomic E-state index is 0.0174. The Balaban J connectivity index is 1.70. The predicted octanol–water partition coefficient (Wildman–Crippen LogP) is 3.53. The predicted molar refractivity (Wildman–Crippen MR) is 101 cm³/mol. The van der Waals surface area contributed by atoms with E-state index in [4.69, 9.17) is 0 Å². The van der Waals surface area contributed by atoms with Crippen LogP contribution in [0.15, 0.2) is 46.9 Å². The molecular weight excluding hydrogens is 340 g/mol. The van der Waals surface area contributed by atoms with Gasteiger partial charge >= 0.3 is 0 Å². The summed E-state index contributed by atoms with van der Waals surface area (Å²) in [6.45, 7) is 2.42. The molecule has 0 unspecified atom stereocenters. The van der Waals surface area contributed by atoms with Gasteiger partial charge in [-0.1, -0.05) is 30.0 Å². The average molecular weight is 358 g/mol. The van der Waals surface area contributed by atoms with Gasteiger partial charge in [-0.2, -0.15) is 0 Å². The number of benzene rings is 1. The molecule has 0 saturated heterocycles. The molecule has 3 aromatic rings. The van der Waals surface area contributed by atoms with Crippen molar-refractivity contribution in [3.63, 3.8) is 0 Å². The molecule has 5 nitrogen and oxygen atoms in total. The quantitative estimate of drug-likeness (QED) is 0.521. The number of anilines is 1. The molecule has 124 valence electrons. The normalized spacial score (nSPS) is 12.1. The van der Waals surface area contributed by atoms with Crippen LogP contribution in [-0.2, 0) is 11.3 Å². The van der Waals surface area contributed by atoms with Crippen molar-refractivity contribution in [3.05, 3.63) is 46.7 Å². The molecule has 2 heterocycles. The molecule has 7 heteroatoms. The minimum Gasteiger partial charge on any atom is -0.372 e. The SMILES string of the molecule is CNc1nc(S[C@H](C)C(=O)NCc2cccs2)nc2ccccc12. The van der Waals surface area contributed by atoms with Gasteiger partial charge in [0.05, 0.1) is 17.3 Å². The van der Waals surface area contributed by atoms with E-state index >= 15 is 0 Å². The Hall–Kier alpha value is -2.12. The summed E-state index contributed by atoms with van der Waals surface area (Å²) in [7, 11) is 1.83. The third-order valence-electron chi connectivity index (χ3n) is 3.49. The van der Waals surface area contributed by atoms with Crippen LogP contribution in [0.4, 0.5) is 5.82 Å². The molecule has 24 heavy (non-hydrogen) atoms. The maximum atomic E-state index is 12.3. The van der Waals surface area contributed by atoms with E-state index in [1.54, 1.807) is 11.3 Å². The summed E-state index contributed by atoms with van der Waals surface area (Å²) >= 11 is 2.99. The van der Waals surface area contributed by atoms with Gasteiger partial charge < -0.3 is 10.6 Å². The van der Waals surface area contributed by atoms with E-state index in [1.807, 2.05) is 55.7 Å². The van der Waals surface area contributed by atoms with Crippen molar-refractivity contribution in [3.8, 4) is 0 Å². The first-order valence-corrected chi connectivity index (χ1v) is 9.34. The number of thioether (sulfide) groups is 1. The second-order valence-electron chi connectivity index (χ2n) is 5.18. The average Bonchev–Trinajstić information content (AvgIpc) is 3.12. The fraction of sp³-hybridized carbons (Fsp3) is 0.235. The molecule has 0 spiro atoms. The Bertz CT molecular complexity index is 836. The highest BCUT2D eigenvalue weighted by Crippen LogP contribution is 2.26. The number of thiophene rings is 1. The zero-order chi connectivity index (χ0) is 16.9. The Labute approximate surface area is 148 Å². The lowest BCUT2D eigenvalue weighted by molar-refractivity contribution is -0.120. The van der Waals surface area contributed by atoms with E-state index < -0.39 is 0 Å². The molecule has 2 aromatic heterocycles. The fourth-order valence-electron chi connectivity index (χ4n) is 2.24. The number of carbonyl (C=O) groups excluding carboxylic acids is 1. The molecule has 0 radical (unpaired) electrons. The second-order valence-corrected chi connectivity index (χ2v) is 7.52. The Kier molecular flexibility index (Phi) is 5.32. The van der Waals surface area contributed by atoms with Gasteiger partial charge in [0.15, 0.2) is 5.16 Å². The van der Waals surface area contributed by atoms with Gasteiger partial charge in [0.2, 0.25) is 5.91 Å². The van der Waals surface area contributed by atoms with Gasteiger partial charge in [-0.25, -0.2) is 9.97 Å². The number of hydrogen-bond donors (Lipinski definition) is 2. The number of nitrogens with zero attached hydrogens (tertiary/aromatic N) is 2. The lowest BCUT2D eigenvalue weighted by Crippen LogP contribution is -2.30. The van der Waals surface area contributed by atoms with Crippen molar-refractivity contribution in [1.82, 2.24) is 15.3 Å². The largest absolute Gasteiger partial charge is 0.372 e. The van der Waals surface area contributed by atoms with Crippen molar-refractivity contribution in [2.45, 2.75) is 23.9 Å². The number of amides is 1. The third kappa shape index (κ3) is 3.85. The van der Waals surface area contributed by atoms with Gasteiger partial charge in [0.25, 0.3) is 0 Å². The lowest BCUT2D eigenvalue weighted by atomic mass is 10.2. The molecule has 0 aliphatic heterocycles. The number of carbonyl (C=O) groups is 1. The highest BCUT2D eigenvalue weighted by atomic mass is 32.2. The maximum Gasteiger partial charge on any atom is 0.233 e. The molecule has 2 N–H and O–H groups in total. The summed E-state index contributed by atoms with van der Waals surface area (Å²) in [5, 5.41) is 9.34. The van der Waals surface area contributed by atoms with Crippen molar-refractivity contribution in [2.24, 2.45) is 0 Å². The summed E-state index contributed by atoms with van der Waals surface area (Å²) in [5.41, 5.74) is 0.866. The first-order chi connectivity index (χ1) is 11.7. The molecule has 0 fully saturated rings. The van der Waals surface area contributed by atoms with Crippen LogP contribution in [-0.4, -0.2) is 28.2 Å². The minimum atomic E-state index is -0.268. The molecule has 1 atom stereocenters. The van der Waals surface area contributed by atoms with E-state index in [1.165, 1.54) is 11.8 Å². The van der Waals surface area contributed by atoms with Gasteiger partial charge in [-0.05, 0) is 30.5 Å². The number of nitrogens with one attached hydrogen (secondary N) is 2. The van der Waals surface area contributed by atoms with Crippen LogP contribution in [0.25, 0.3) is 10.9 Å². The van der Waals surface area contributed by atoms with E-state index in [-0.39, 0.29) is 11.2 Å². The molecule has 1 amide bonds. The van der Waals surface area contributed by atoms with Gasteiger partial charge in [0, 0.05) is 17.3 Å². The van der Waals surface area contributed by atoms with Crippen molar-refractivity contribution in [1.29, 1.82) is 0 Å². The molecule has 0 aliphatic rings. The van der Waals surface area contributed by atoms with Gasteiger partial charge in [-0.15, -0.1) is 11.3 Å². The van der Waals surface area contributed by atoms with Gasteiger partial charge in [0.1, 0.15) is 5.82 Å². The van der Waals surface area contributed by atoms with Crippen LogP contribution in [0.2, 0.25) is 0 Å². The van der Waals surface area contributed by atoms with E-state index in [9.17, 15) is 4.79 Å². The lowest BCUT2D eigenvalue weighted by Gasteiger charge is -2.12. The summed E-state index contributed by atoms with van der Waals surface area (Å²) < 4.78 is 0. The summed E-state index contributed by atoms with van der Waals surface area (Å²) in [6, 6.07) is 11.8. The van der Waals surface area contributed by atoms with Crippen LogP contribution in [0, 0.1) is 0 Å². The van der Waals surface area contributed by atoms with Crippen LogP contribution >= 0.6 is 23.1 Å². The third-order valence-corrected chi connectivity index (χ3v) is 5.33. The number of fused-ring (bicyclic) bond motifs is 1. The van der Waals surface area contributed by atoms with Crippen molar-refractivity contribution >= 4 is 45.7 Å². The van der Waals surface area contributed by atoms with Crippen LogP contribution in [0.3, 0.4) is 0 Å². The zero-order valence-corrected chi connectivity index (χ0v) is 15.1. The monoisotopic (exact) mass is 358 g/mol. The summed E-state index contributed by atoms with van der Waals surface area (Å²) in [6.07, 6.45) is 0. The molecule has 0 bridgehead atoms. The first kappa shape index (κ1) is 16.7. The Morgan fingerprint density at radius 3 is 2.83 bits per heavy atom. The number of rotatable bonds is 6. The standard InChI is InChI=1S/C17H18N4OS2/c1-11(16(22)19-10-12-6-5-9-23-12)24-17-20-14-8-4-3-7-13(14)15(18-2)21-17/h3-9,11H,10H2,1-2H3,(H,19,22)(H,18,20,21)/t11-/m1/s1. The topological polar surface area (TPSA) is 66.9 Å². The van der Waals surface area contributed by atoms with Crippen LogP contribution in [0.1, 0.15) is 11.8 Å². The van der Waals surface area contributed by atoms with Crippen molar-refractivity contribution in [2.75, 3.05) is 12.4 Å². The van der Waals surface area contributed by atoms with Gasteiger partial charge in [-0.3, -0.25) is 4.79 Å².